The van der Waals surface area contributed by atoms with Crippen LogP contribution in [0, 0.1) is 0 Å². The molecule has 2 nitrogen and oxygen atoms in total. The number of alkyl halides is 2. The van der Waals surface area contributed by atoms with Crippen molar-refractivity contribution in [3.8, 4) is 5.75 Å². The predicted molar refractivity (Wildman–Crippen MR) is 58.7 cm³/mol. The lowest BCUT2D eigenvalue weighted by atomic mass is 10.2. The molecule has 0 bridgehead atoms. The van der Waals surface area contributed by atoms with Crippen molar-refractivity contribution < 1.29 is 13.5 Å². The second-order valence-corrected chi connectivity index (χ2v) is 3.46. The van der Waals surface area contributed by atoms with Crippen LogP contribution in [0.15, 0.2) is 43.1 Å². The van der Waals surface area contributed by atoms with Crippen LogP contribution in [0.25, 0.3) is 10.9 Å². The fraction of sp³-hybridized carbons (Fsp3) is 0.167. The minimum absolute atomic E-state index is 0.141. The first-order valence-corrected chi connectivity index (χ1v) is 4.85. The van der Waals surface area contributed by atoms with Gasteiger partial charge in [-0.05, 0) is 23.6 Å². The van der Waals surface area contributed by atoms with E-state index in [4.69, 9.17) is 0 Å². The summed E-state index contributed by atoms with van der Waals surface area (Å²) in [7, 11) is 0. The Bertz CT molecular complexity index is 504. The summed E-state index contributed by atoms with van der Waals surface area (Å²) >= 11 is 0. The zero-order chi connectivity index (χ0) is 11.6. The van der Waals surface area contributed by atoms with Crippen molar-refractivity contribution >= 4 is 10.9 Å². The van der Waals surface area contributed by atoms with E-state index in [-0.39, 0.29) is 5.75 Å². The highest BCUT2D eigenvalue weighted by Gasteiger charge is 2.29. The van der Waals surface area contributed by atoms with E-state index >= 15 is 0 Å². The van der Waals surface area contributed by atoms with E-state index in [9.17, 15) is 8.78 Å². The van der Waals surface area contributed by atoms with Gasteiger partial charge in [0.05, 0.1) is 6.42 Å². The normalized spacial score (nSPS) is 11.6. The molecule has 16 heavy (non-hydrogen) atoms. The third kappa shape index (κ3) is 2.21. The Hall–Kier alpha value is -1.84. The van der Waals surface area contributed by atoms with Gasteiger partial charge in [0, 0.05) is 17.8 Å². The van der Waals surface area contributed by atoms with Crippen molar-refractivity contribution in [2.75, 3.05) is 0 Å². The highest BCUT2D eigenvalue weighted by atomic mass is 19.3. The van der Waals surface area contributed by atoms with Crippen LogP contribution in [0.1, 0.15) is 6.42 Å². The minimum Gasteiger partial charge on any atom is -0.432 e. The number of H-pyrrole nitrogens is 1. The Morgan fingerprint density at radius 2 is 2.19 bits per heavy atom. The molecular weight excluding hydrogens is 212 g/mol. The molecule has 2 rings (SSSR count). The zero-order valence-corrected chi connectivity index (χ0v) is 8.54. The summed E-state index contributed by atoms with van der Waals surface area (Å²) < 4.78 is 30.9. The molecule has 0 aliphatic heterocycles. The van der Waals surface area contributed by atoms with Crippen molar-refractivity contribution in [3.63, 3.8) is 0 Å². The van der Waals surface area contributed by atoms with Gasteiger partial charge in [-0.15, -0.1) is 6.58 Å². The summed E-state index contributed by atoms with van der Waals surface area (Å²) in [5.74, 6) is 0.141. The van der Waals surface area contributed by atoms with E-state index in [1.54, 1.807) is 18.3 Å². The van der Waals surface area contributed by atoms with Crippen molar-refractivity contribution in [2.45, 2.75) is 12.5 Å². The quantitative estimate of drug-likeness (QED) is 0.785. The molecule has 0 unspecified atom stereocenters. The van der Waals surface area contributed by atoms with Gasteiger partial charge in [0.25, 0.3) is 0 Å². The molecule has 2 aromatic rings. The van der Waals surface area contributed by atoms with E-state index in [1.807, 2.05) is 6.07 Å². The monoisotopic (exact) mass is 223 g/mol. The van der Waals surface area contributed by atoms with E-state index in [0.717, 1.165) is 17.0 Å². The molecule has 0 amide bonds. The topological polar surface area (TPSA) is 25.0 Å². The zero-order valence-electron chi connectivity index (χ0n) is 8.54. The SMILES string of the molecule is C=CCC(F)(F)Oc1ccc2cc[nH]c2c1. The molecule has 84 valence electrons. The van der Waals surface area contributed by atoms with E-state index in [0.29, 0.717) is 0 Å². The maximum Gasteiger partial charge on any atom is 0.401 e. The number of hydrogen-bond acceptors (Lipinski definition) is 1. The average molecular weight is 223 g/mol. The van der Waals surface area contributed by atoms with E-state index in [1.165, 1.54) is 6.07 Å². The molecule has 0 atom stereocenters. The van der Waals surface area contributed by atoms with Crippen LogP contribution >= 0.6 is 0 Å². The Morgan fingerprint density at radius 1 is 1.38 bits per heavy atom. The van der Waals surface area contributed by atoms with Crippen molar-refractivity contribution in [3.05, 3.63) is 43.1 Å². The third-order valence-electron chi connectivity index (χ3n) is 2.18. The second kappa shape index (κ2) is 3.96. The van der Waals surface area contributed by atoms with Crippen molar-refractivity contribution in [1.82, 2.24) is 4.98 Å². The number of hydrogen-bond donors (Lipinski definition) is 1. The molecule has 0 saturated heterocycles. The van der Waals surface area contributed by atoms with Gasteiger partial charge in [-0.3, -0.25) is 0 Å². The van der Waals surface area contributed by atoms with Crippen molar-refractivity contribution in [2.24, 2.45) is 0 Å². The molecule has 1 N–H and O–H groups in total. The van der Waals surface area contributed by atoms with Gasteiger partial charge in [0.1, 0.15) is 5.75 Å². The lowest BCUT2D eigenvalue weighted by molar-refractivity contribution is -0.172. The number of nitrogens with one attached hydrogen (secondary N) is 1. The highest BCUT2D eigenvalue weighted by molar-refractivity contribution is 5.80. The molecular formula is C12H11F2NO. The Labute approximate surface area is 91.5 Å². The van der Waals surface area contributed by atoms with E-state index < -0.39 is 12.5 Å². The summed E-state index contributed by atoms with van der Waals surface area (Å²) in [5, 5.41) is 0.958. The van der Waals surface area contributed by atoms with Crippen LogP contribution in [0.3, 0.4) is 0 Å². The van der Waals surface area contributed by atoms with Crippen LogP contribution in [0.2, 0.25) is 0 Å². The largest absolute Gasteiger partial charge is 0.432 e. The van der Waals surface area contributed by atoms with Gasteiger partial charge in [-0.2, -0.15) is 8.78 Å². The van der Waals surface area contributed by atoms with Crippen LogP contribution in [-0.4, -0.2) is 11.1 Å². The molecule has 1 aromatic heterocycles. The Balaban J connectivity index is 2.23. The smallest absolute Gasteiger partial charge is 0.401 e. The molecule has 1 aromatic carbocycles. The summed E-state index contributed by atoms with van der Waals surface area (Å²) in [6.45, 7) is 3.26. The number of benzene rings is 1. The third-order valence-corrected chi connectivity index (χ3v) is 2.18. The first-order valence-electron chi connectivity index (χ1n) is 4.85. The van der Waals surface area contributed by atoms with Crippen LogP contribution in [-0.2, 0) is 0 Å². The Morgan fingerprint density at radius 3 is 2.94 bits per heavy atom. The van der Waals surface area contributed by atoms with Crippen molar-refractivity contribution in [1.29, 1.82) is 0 Å². The number of rotatable bonds is 4. The first kappa shape index (κ1) is 10.7. The van der Waals surface area contributed by atoms with E-state index in [2.05, 4.69) is 16.3 Å². The molecule has 0 saturated carbocycles. The fourth-order valence-corrected chi connectivity index (χ4v) is 1.47. The minimum atomic E-state index is -3.21. The lowest BCUT2D eigenvalue weighted by Gasteiger charge is -2.16. The number of fused-ring (bicyclic) bond motifs is 1. The average Bonchev–Trinajstić information content (AvgIpc) is 2.63. The first-order chi connectivity index (χ1) is 7.61. The van der Waals surface area contributed by atoms with Gasteiger partial charge in [-0.25, -0.2) is 0 Å². The summed E-state index contributed by atoms with van der Waals surface area (Å²) in [5.41, 5.74) is 0.770. The molecule has 0 spiro atoms. The van der Waals surface area contributed by atoms with Gasteiger partial charge >= 0.3 is 6.11 Å². The molecule has 0 aliphatic rings. The van der Waals surface area contributed by atoms with Gasteiger partial charge in [0.2, 0.25) is 0 Å². The van der Waals surface area contributed by atoms with Crippen LogP contribution < -0.4 is 4.74 Å². The van der Waals surface area contributed by atoms with Gasteiger partial charge in [-0.1, -0.05) is 6.08 Å². The predicted octanol–water partition coefficient (Wildman–Crippen LogP) is 3.72. The highest BCUT2D eigenvalue weighted by Crippen LogP contribution is 2.27. The maximum absolute atomic E-state index is 13.1. The molecule has 1 heterocycles. The van der Waals surface area contributed by atoms with Crippen LogP contribution in [0.4, 0.5) is 8.78 Å². The molecule has 0 fully saturated rings. The fourth-order valence-electron chi connectivity index (χ4n) is 1.47. The Kier molecular flexibility index (Phi) is 2.64. The lowest BCUT2D eigenvalue weighted by Crippen LogP contribution is -2.23. The summed E-state index contributed by atoms with van der Waals surface area (Å²) in [6.07, 6.45) is -0.832. The maximum atomic E-state index is 13.1. The van der Waals surface area contributed by atoms with Crippen LogP contribution in [0.5, 0.6) is 5.75 Å². The number of halogens is 2. The molecule has 4 heteroatoms. The van der Waals surface area contributed by atoms with Gasteiger partial charge in [0.15, 0.2) is 0 Å². The number of aromatic amines is 1. The summed E-state index contributed by atoms with van der Waals surface area (Å²) in [4.78, 5) is 2.93. The second-order valence-electron chi connectivity index (χ2n) is 3.46. The number of ether oxygens (including phenoxy) is 1. The molecule has 0 radical (unpaired) electrons. The number of aromatic nitrogens is 1. The molecule has 0 aliphatic carbocycles. The standard InChI is InChI=1S/C12H11F2NO/c1-2-6-12(13,14)16-10-4-3-9-5-7-15-11(9)8-10/h2-5,7-8,15H,1,6H2. The van der Waals surface area contributed by atoms with Gasteiger partial charge < -0.3 is 9.72 Å². The summed E-state index contributed by atoms with van der Waals surface area (Å²) in [6, 6.07) is 6.66.